The Morgan fingerprint density at radius 3 is 2.65 bits per heavy atom. The smallest absolute Gasteiger partial charge is 0.332 e. The van der Waals surface area contributed by atoms with Crippen molar-refractivity contribution in [2.24, 2.45) is 13.0 Å². The van der Waals surface area contributed by atoms with E-state index in [0.717, 1.165) is 24.3 Å². The summed E-state index contributed by atoms with van der Waals surface area (Å²) in [5.74, 6) is 1.20. The van der Waals surface area contributed by atoms with E-state index in [1.165, 1.54) is 9.13 Å². The monoisotopic (exact) mass is 359 g/mol. The first-order valence-electron chi connectivity index (χ1n) is 8.95. The SMILES string of the molecule is Cc1cc(CCCCn2c(=O)c3c(ncn3CC(C)C)n(C)c2=O)on1. The summed E-state index contributed by atoms with van der Waals surface area (Å²) in [6, 6.07) is 1.90. The largest absolute Gasteiger partial charge is 0.361 e. The summed E-state index contributed by atoms with van der Waals surface area (Å²) < 4.78 is 9.79. The van der Waals surface area contributed by atoms with Crippen LogP contribution in [0.1, 0.15) is 38.1 Å². The van der Waals surface area contributed by atoms with Crippen LogP contribution in [0.5, 0.6) is 0 Å². The van der Waals surface area contributed by atoms with Gasteiger partial charge in [-0.2, -0.15) is 0 Å². The zero-order chi connectivity index (χ0) is 18.8. The van der Waals surface area contributed by atoms with Gasteiger partial charge in [0.15, 0.2) is 11.2 Å². The van der Waals surface area contributed by atoms with Gasteiger partial charge in [-0.15, -0.1) is 0 Å². The van der Waals surface area contributed by atoms with Gasteiger partial charge in [0.05, 0.1) is 12.0 Å². The third kappa shape index (κ3) is 3.49. The molecule has 0 N–H and O–H groups in total. The molecule has 140 valence electrons. The maximum atomic E-state index is 12.9. The standard InChI is InChI=1S/C18H25N5O3/c1-12(2)10-22-11-19-16-15(22)17(24)23(18(25)21(16)4)8-6-5-7-14-9-13(3)20-26-14/h9,11-12H,5-8,10H2,1-4H3. The average Bonchev–Trinajstić information content (AvgIpc) is 3.18. The average molecular weight is 359 g/mol. The Balaban J connectivity index is 1.83. The molecule has 3 aromatic rings. The van der Waals surface area contributed by atoms with Crippen molar-refractivity contribution >= 4 is 11.2 Å². The van der Waals surface area contributed by atoms with Gasteiger partial charge in [-0.1, -0.05) is 19.0 Å². The molecule has 0 saturated heterocycles. The molecule has 26 heavy (non-hydrogen) atoms. The number of nitrogens with zero attached hydrogens (tertiary/aromatic N) is 5. The summed E-state index contributed by atoms with van der Waals surface area (Å²) in [4.78, 5) is 29.7. The zero-order valence-electron chi connectivity index (χ0n) is 15.7. The molecule has 0 saturated carbocycles. The van der Waals surface area contributed by atoms with Crippen LogP contribution in [0.3, 0.4) is 0 Å². The van der Waals surface area contributed by atoms with Gasteiger partial charge in [0.2, 0.25) is 0 Å². The lowest BCUT2D eigenvalue weighted by Crippen LogP contribution is -2.39. The van der Waals surface area contributed by atoms with Crippen molar-refractivity contribution in [3.05, 3.63) is 44.7 Å². The third-order valence-electron chi connectivity index (χ3n) is 4.40. The van der Waals surface area contributed by atoms with E-state index in [4.69, 9.17) is 4.52 Å². The molecule has 0 aliphatic carbocycles. The second-order valence-corrected chi connectivity index (χ2v) is 7.15. The fraction of sp³-hybridized carbons (Fsp3) is 0.556. The lowest BCUT2D eigenvalue weighted by molar-refractivity contribution is 0.374. The van der Waals surface area contributed by atoms with Gasteiger partial charge in [0.25, 0.3) is 5.56 Å². The minimum atomic E-state index is -0.326. The van der Waals surface area contributed by atoms with Crippen LogP contribution in [0.15, 0.2) is 26.5 Å². The number of unbranched alkanes of at least 4 members (excludes halogenated alkanes) is 1. The van der Waals surface area contributed by atoms with Crippen molar-refractivity contribution in [1.82, 2.24) is 23.8 Å². The first-order valence-corrected chi connectivity index (χ1v) is 8.95. The van der Waals surface area contributed by atoms with Gasteiger partial charge in [-0.25, -0.2) is 9.78 Å². The molecule has 0 fully saturated rings. The Morgan fingerprint density at radius 1 is 1.23 bits per heavy atom. The van der Waals surface area contributed by atoms with E-state index in [-0.39, 0.29) is 11.2 Å². The van der Waals surface area contributed by atoms with Crippen molar-refractivity contribution in [3.8, 4) is 0 Å². The number of imidazole rings is 1. The molecule has 0 amide bonds. The normalized spacial score (nSPS) is 11.7. The van der Waals surface area contributed by atoms with E-state index in [1.807, 2.05) is 17.6 Å². The fourth-order valence-electron chi connectivity index (χ4n) is 3.15. The van der Waals surface area contributed by atoms with Gasteiger partial charge in [0, 0.05) is 32.6 Å². The van der Waals surface area contributed by atoms with Crippen LogP contribution in [0.4, 0.5) is 0 Å². The molecular formula is C18H25N5O3. The number of rotatable bonds is 7. The summed E-state index contributed by atoms with van der Waals surface area (Å²) in [6.07, 6.45) is 3.90. The molecule has 3 aromatic heterocycles. The Bertz CT molecular complexity index is 1020. The Kier molecular flexibility index (Phi) is 5.11. The van der Waals surface area contributed by atoms with Crippen LogP contribution in [-0.2, 0) is 26.6 Å². The van der Waals surface area contributed by atoms with E-state index in [9.17, 15) is 9.59 Å². The molecule has 3 rings (SSSR count). The predicted molar refractivity (Wildman–Crippen MR) is 98.3 cm³/mol. The molecule has 3 heterocycles. The van der Waals surface area contributed by atoms with Crippen molar-refractivity contribution in [1.29, 1.82) is 0 Å². The molecule has 0 spiro atoms. The van der Waals surface area contributed by atoms with Gasteiger partial charge in [-0.05, 0) is 25.7 Å². The van der Waals surface area contributed by atoms with Gasteiger partial charge >= 0.3 is 5.69 Å². The second-order valence-electron chi connectivity index (χ2n) is 7.15. The van der Waals surface area contributed by atoms with Crippen molar-refractivity contribution in [3.63, 3.8) is 0 Å². The highest BCUT2D eigenvalue weighted by molar-refractivity contribution is 5.69. The molecule has 8 nitrogen and oxygen atoms in total. The second kappa shape index (κ2) is 7.31. The highest BCUT2D eigenvalue weighted by atomic mass is 16.5. The van der Waals surface area contributed by atoms with Crippen LogP contribution < -0.4 is 11.2 Å². The summed E-state index contributed by atoms with van der Waals surface area (Å²) in [5, 5.41) is 3.86. The number of hydrogen-bond donors (Lipinski definition) is 0. The number of aryl methyl sites for hydroxylation is 3. The van der Waals surface area contributed by atoms with E-state index >= 15 is 0 Å². The van der Waals surface area contributed by atoms with Crippen molar-refractivity contribution in [2.45, 2.75) is 53.1 Å². The van der Waals surface area contributed by atoms with Gasteiger partial charge in [0.1, 0.15) is 5.76 Å². The lowest BCUT2D eigenvalue weighted by atomic mass is 10.2. The summed E-state index contributed by atoms with van der Waals surface area (Å²) in [5.41, 5.74) is 1.19. The van der Waals surface area contributed by atoms with Crippen molar-refractivity contribution in [2.75, 3.05) is 0 Å². The first-order chi connectivity index (χ1) is 12.4. The molecule has 0 unspecified atom stereocenters. The molecule has 0 radical (unpaired) electrons. The number of hydrogen-bond acceptors (Lipinski definition) is 5. The third-order valence-corrected chi connectivity index (χ3v) is 4.40. The topological polar surface area (TPSA) is 87.9 Å². The van der Waals surface area contributed by atoms with Crippen LogP contribution in [-0.4, -0.2) is 23.8 Å². The molecule has 0 aromatic carbocycles. The Labute approximate surface area is 151 Å². The van der Waals surface area contributed by atoms with E-state index < -0.39 is 0 Å². The maximum absolute atomic E-state index is 12.9. The van der Waals surface area contributed by atoms with Crippen molar-refractivity contribution < 1.29 is 4.52 Å². The van der Waals surface area contributed by atoms with Crippen LogP contribution in [0, 0.1) is 12.8 Å². The van der Waals surface area contributed by atoms with Crippen LogP contribution >= 0.6 is 0 Å². The zero-order valence-corrected chi connectivity index (χ0v) is 15.7. The molecule has 0 bridgehead atoms. The van der Waals surface area contributed by atoms with Gasteiger partial charge < -0.3 is 9.09 Å². The minimum absolute atomic E-state index is 0.267. The quantitative estimate of drug-likeness (QED) is 0.601. The highest BCUT2D eigenvalue weighted by Gasteiger charge is 2.16. The Morgan fingerprint density at radius 2 is 2.00 bits per heavy atom. The minimum Gasteiger partial charge on any atom is -0.361 e. The maximum Gasteiger partial charge on any atom is 0.332 e. The van der Waals surface area contributed by atoms with E-state index in [0.29, 0.717) is 36.6 Å². The molecule has 0 aliphatic rings. The summed E-state index contributed by atoms with van der Waals surface area (Å²) in [7, 11) is 1.66. The first kappa shape index (κ1) is 18.2. The van der Waals surface area contributed by atoms with E-state index in [2.05, 4.69) is 24.0 Å². The Hall–Kier alpha value is -2.64. The van der Waals surface area contributed by atoms with Crippen LogP contribution in [0.25, 0.3) is 11.2 Å². The van der Waals surface area contributed by atoms with E-state index in [1.54, 1.807) is 13.4 Å². The van der Waals surface area contributed by atoms with Crippen LogP contribution in [0.2, 0.25) is 0 Å². The number of fused-ring (bicyclic) bond motifs is 1. The predicted octanol–water partition coefficient (Wildman–Crippen LogP) is 1.87. The summed E-state index contributed by atoms with van der Waals surface area (Å²) in [6.45, 7) is 7.11. The molecular weight excluding hydrogens is 334 g/mol. The summed E-state index contributed by atoms with van der Waals surface area (Å²) >= 11 is 0. The molecule has 0 aliphatic heterocycles. The molecule has 8 heteroatoms. The number of aromatic nitrogens is 5. The fourth-order valence-corrected chi connectivity index (χ4v) is 3.15. The van der Waals surface area contributed by atoms with Gasteiger partial charge in [-0.3, -0.25) is 13.9 Å². The lowest BCUT2D eigenvalue weighted by Gasteiger charge is -2.10. The highest BCUT2D eigenvalue weighted by Crippen LogP contribution is 2.10. The molecule has 0 atom stereocenters.